The number of imidazole rings is 1. The van der Waals surface area contributed by atoms with Crippen LogP contribution in [0.3, 0.4) is 0 Å². The van der Waals surface area contributed by atoms with Crippen LogP contribution in [0, 0.1) is 6.92 Å². The van der Waals surface area contributed by atoms with E-state index in [1.165, 1.54) is 38.6 Å². The minimum absolute atomic E-state index is 0.625. The first-order valence-electron chi connectivity index (χ1n) is 12.1. The summed E-state index contributed by atoms with van der Waals surface area (Å²) in [6, 6.07) is 38.7. The summed E-state index contributed by atoms with van der Waals surface area (Å²) in [5, 5.41) is 2.50. The molecule has 0 saturated heterocycles. The normalized spacial score (nSPS) is 12.0. The SMILES string of the molecule is Cc1cccc(-n2c3ccccc3c3cc(-c4ccc5nc6oc7ccccc7n6c5c4)ccc32)c1. The lowest BCUT2D eigenvalue weighted by Gasteiger charge is -2.09. The van der Waals surface area contributed by atoms with Crippen LogP contribution in [0.25, 0.3) is 66.6 Å². The van der Waals surface area contributed by atoms with Gasteiger partial charge >= 0.3 is 5.84 Å². The molecule has 0 spiro atoms. The van der Waals surface area contributed by atoms with Crippen LogP contribution in [0.2, 0.25) is 0 Å². The highest BCUT2D eigenvalue weighted by atomic mass is 16.4. The fourth-order valence-corrected chi connectivity index (χ4v) is 5.56. The maximum absolute atomic E-state index is 5.99. The zero-order chi connectivity index (χ0) is 23.8. The van der Waals surface area contributed by atoms with Gasteiger partial charge in [0.25, 0.3) is 0 Å². The van der Waals surface area contributed by atoms with Crippen molar-refractivity contribution in [3.63, 3.8) is 0 Å². The van der Waals surface area contributed by atoms with Crippen molar-refractivity contribution in [1.82, 2.24) is 14.0 Å². The number of rotatable bonds is 2. The van der Waals surface area contributed by atoms with Gasteiger partial charge in [-0.2, -0.15) is 4.98 Å². The maximum Gasteiger partial charge on any atom is 0.307 e. The molecule has 0 radical (unpaired) electrons. The van der Waals surface area contributed by atoms with E-state index in [4.69, 9.17) is 9.40 Å². The van der Waals surface area contributed by atoms with Crippen LogP contribution in [-0.2, 0) is 0 Å². The smallest absolute Gasteiger partial charge is 0.307 e. The van der Waals surface area contributed by atoms with Crippen molar-refractivity contribution >= 4 is 49.8 Å². The number of aryl methyl sites for hydroxylation is 1. The van der Waals surface area contributed by atoms with Gasteiger partial charge in [-0.15, -0.1) is 0 Å². The second kappa shape index (κ2) is 7.09. The van der Waals surface area contributed by atoms with E-state index in [0.717, 1.165) is 27.7 Å². The largest absolute Gasteiger partial charge is 0.423 e. The highest BCUT2D eigenvalue weighted by Gasteiger charge is 2.16. The Balaban J connectivity index is 1.38. The lowest BCUT2D eigenvalue weighted by Crippen LogP contribution is -1.94. The first-order chi connectivity index (χ1) is 17.7. The molecular weight excluding hydrogens is 442 g/mol. The molecule has 0 atom stereocenters. The number of aromatic nitrogens is 3. The van der Waals surface area contributed by atoms with Crippen molar-refractivity contribution in [2.24, 2.45) is 0 Å². The molecule has 0 saturated carbocycles. The van der Waals surface area contributed by atoms with Gasteiger partial charge in [0.2, 0.25) is 0 Å². The number of para-hydroxylation sites is 3. The molecule has 4 heteroatoms. The predicted molar refractivity (Wildman–Crippen MR) is 147 cm³/mol. The van der Waals surface area contributed by atoms with Crippen molar-refractivity contribution in [3.8, 4) is 16.8 Å². The molecule has 0 aliphatic rings. The standard InChI is InChI=1S/C32H21N3O/c1-20-7-6-8-23(17-20)34-27-10-3-2-9-24(27)25-18-21(14-16-28(25)34)22-13-15-26-30(19-22)35-29-11-4-5-12-31(29)36-32(35)33-26/h2-19H,1H3. The minimum Gasteiger partial charge on any atom is -0.423 e. The number of oxazole rings is 1. The Kier molecular flexibility index (Phi) is 3.84. The summed E-state index contributed by atoms with van der Waals surface area (Å²) in [5.41, 5.74) is 11.1. The summed E-state index contributed by atoms with van der Waals surface area (Å²) in [7, 11) is 0. The van der Waals surface area contributed by atoms with Gasteiger partial charge in [-0.3, -0.25) is 4.40 Å². The lowest BCUT2D eigenvalue weighted by atomic mass is 10.0. The zero-order valence-corrected chi connectivity index (χ0v) is 19.6. The Bertz CT molecular complexity index is 2120. The molecule has 0 aliphatic heterocycles. The third-order valence-corrected chi connectivity index (χ3v) is 7.20. The van der Waals surface area contributed by atoms with Gasteiger partial charge in [0.15, 0.2) is 5.58 Å². The van der Waals surface area contributed by atoms with Crippen molar-refractivity contribution in [2.75, 3.05) is 0 Å². The van der Waals surface area contributed by atoms with Gasteiger partial charge in [-0.25, -0.2) is 0 Å². The molecule has 3 aromatic heterocycles. The molecule has 8 aromatic rings. The van der Waals surface area contributed by atoms with Crippen molar-refractivity contribution in [1.29, 1.82) is 0 Å². The Morgan fingerprint density at radius 2 is 1.39 bits per heavy atom. The molecule has 36 heavy (non-hydrogen) atoms. The van der Waals surface area contributed by atoms with E-state index < -0.39 is 0 Å². The summed E-state index contributed by atoms with van der Waals surface area (Å²) in [4.78, 5) is 4.71. The maximum atomic E-state index is 5.99. The molecule has 0 unspecified atom stereocenters. The van der Waals surface area contributed by atoms with Crippen LogP contribution in [0.5, 0.6) is 0 Å². The summed E-state index contributed by atoms with van der Waals surface area (Å²) >= 11 is 0. The Hall–Kier alpha value is -4.83. The van der Waals surface area contributed by atoms with Crippen LogP contribution < -0.4 is 0 Å². The number of nitrogens with zero attached hydrogens (tertiary/aromatic N) is 3. The second-order valence-corrected chi connectivity index (χ2v) is 9.43. The fourth-order valence-electron chi connectivity index (χ4n) is 5.56. The van der Waals surface area contributed by atoms with E-state index in [9.17, 15) is 0 Å². The first-order valence-corrected chi connectivity index (χ1v) is 12.1. The second-order valence-electron chi connectivity index (χ2n) is 9.43. The van der Waals surface area contributed by atoms with E-state index in [1.54, 1.807) is 0 Å². The highest BCUT2D eigenvalue weighted by Crippen LogP contribution is 2.36. The molecule has 0 amide bonds. The van der Waals surface area contributed by atoms with Gasteiger partial charge in [-0.05, 0) is 78.2 Å². The Morgan fingerprint density at radius 1 is 0.611 bits per heavy atom. The van der Waals surface area contributed by atoms with Gasteiger partial charge < -0.3 is 8.98 Å². The summed E-state index contributed by atoms with van der Waals surface area (Å²) in [6.45, 7) is 2.14. The number of benzene rings is 5. The van der Waals surface area contributed by atoms with Gasteiger partial charge in [0.1, 0.15) is 0 Å². The fraction of sp³-hybridized carbons (Fsp3) is 0.0312. The van der Waals surface area contributed by atoms with Crippen molar-refractivity contribution < 1.29 is 4.42 Å². The van der Waals surface area contributed by atoms with Gasteiger partial charge in [0, 0.05) is 16.5 Å². The first kappa shape index (κ1) is 19.5. The van der Waals surface area contributed by atoms with E-state index >= 15 is 0 Å². The van der Waals surface area contributed by atoms with Crippen LogP contribution in [0.1, 0.15) is 5.56 Å². The predicted octanol–water partition coefficient (Wildman–Crippen LogP) is 8.31. The molecule has 0 fully saturated rings. The monoisotopic (exact) mass is 463 g/mol. The number of fused-ring (bicyclic) bond motifs is 8. The average molecular weight is 464 g/mol. The van der Waals surface area contributed by atoms with Crippen LogP contribution in [-0.4, -0.2) is 14.0 Å². The summed E-state index contributed by atoms with van der Waals surface area (Å²) in [5.74, 6) is 0.625. The third-order valence-electron chi connectivity index (χ3n) is 7.20. The minimum atomic E-state index is 0.625. The highest BCUT2D eigenvalue weighted by molar-refractivity contribution is 6.10. The quantitative estimate of drug-likeness (QED) is 0.258. The Morgan fingerprint density at radius 3 is 2.31 bits per heavy atom. The van der Waals surface area contributed by atoms with Crippen molar-refractivity contribution in [2.45, 2.75) is 6.92 Å². The van der Waals surface area contributed by atoms with E-state index in [0.29, 0.717) is 5.84 Å². The molecule has 0 aliphatic carbocycles. The zero-order valence-electron chi connectivity index (χ0n) is 19.6. The molecular formula is C32H21N3O. The number of hydrogen-bond donors (Lipinski definition) is 0. The third kappa shape index (κ3) is 2.67. The molecule has 4 nitrogen and oxygen atoms in total. The molecule has 0 bridgehead atoms. The van der Waals surface area contributed by atoms with Crippen LogP contribution >= 0.6 is 0 Å². The van der Waals surface area contributed by atoms with Crippen molar-refractivity contribution in [3.05, 3.63) is 115 Å². The summed E-state index contributed by atoms with van der Waals surface area (Å²) in [6.07, 6.45) is 0. The molecule has 0 N–H and O–H groups in total. The Labute approximate surface area is 206 Å². The van der Waals surface area contributed by atoms with Gasteiger partial charge in [0.05, 0.1) is 27.6 Å². The lowest BCUT2D eigenvalue weighted by molar-refractivity contribution is 0.643. The molecule has 5 aromatic carbocycles. The van der Waals surface area contributed by atoms with Gasteiger partial charge in [-0.1, -0.05) is 54.6 Å². The molecule has 8 rings (SSSR count). The number of hydrogen-bond acceptors (Lipinski definition) is 2. The van der Waals surface area contributed by atoms with E-state index in [2.05, 4.69) is 107 Å². The molecule has 3 heterocycles. The topological polar surface area (TPSA) is 35.4 Å². The van der Waals surface area contributed by atoms with Crippen LogP contribution in [0.15, 0.2) is 114 Å². The van der Waals surface area contributed by atoms with E-state index in [-0.39, 0.29) is 0 Å². The van der Waals surface area contributed by atoms with Crippen LogP contribution in [0.4, 0.5) is 0 Å². The molecule has 170 valence electrons. The average Bonchev–Trinajstić information content (AvgIpc) is 3.55. The van der Waals surface area contributed by atoms with E-state index in [1.807, 2.05) is 18.2 Å². The summed E-state index contributed by atoms with van der Waals surface area (Å²) < 4.78 is 10.5.